The van der Waals surface area contributed by atoms with E-state index in [1.54, 1.807) is 14.2 Å². The first-order valence-corrected chi connectivity index (χ1v) is 11.0. The summed E-state index contributed by atoms with van der Waals surface area (Å²) in [6.45, 7) is 11.4. The Hall–Kier alpha value is -2.36. The van der Waals surface area contributed by atoms with Crippen molar-refractivity contribution in [1.29, 1.82) is 0 Å². The van der Waals surface area contributed by atoms with Gasteiger partial charge >= 0.3 is 6.09 Å². The highest BCUT2D eigenvalue weighted by Gasteiger charge is 2.31. The second kappa shape index (κ2) is 10.8. The zero-order valence-electron chi connectivity index (χ0n) is 20.0. The Labute approximate surface area is 185 Å². The van der Waals surface area contributed by atoms with E-state index in [2.05, 4.69) is 44.9 Å². The molecule has 1 aromatic rings. The summed E-state index contributed by atoms with van der Waals surface area (Å²) in [6.07, 6.45) is 2.91. The molecule has 0 spiro atoms. The summed E-state index contributed by atoms with van der Waals surface area (Å²) in [7, 11) is 3.39. The molecule has 0 aliphatic carbocycles. The molecule has 0 aromatic carbocycles. The van der Waals surface area contributed by atoms with Gasteiger partial charge in [-0.05, 0) is 40.0 Å². The lowest BCUT2D eigenvalue weighted by molar-refractivity contribution is 0.0448. The van der Waals surface area contributed by atoms with Gasteiger partial charge in [-0.3, -0.25) is 4.99 Å². The number of carbonyl (C=O) groups excluding carboxylic acids is 1. The molecule has 1 aliphatic heterocycles. The van der Waals surface area contributed by atoms with Gasteiger partial charge in [0.05, 0.1) is 12.1 Å². The van der Waals surface area contributed by atoms with E-state index in [9.17, 15) is 4.79 Å². The predicted molar refractivity (Wildman–Crippen MR) is 120 cm³/mol. The van der Waals surface area contributed by atoms with E-state index in [0.717, 1.165) is 38.1 Å². The fourth-order valence-electron chi connectivity index (χ4n) is 3.55. The zero-order chi connectivity index (χ0) is 23.1. The van der Waals surface area contributed by atoms with Crippen molar-refractivity contribution in [3.05, 3.63) is 11.6 Å². The highest BCUT2D eigenvalue weighted by atomic mass is 16.6. The van der Waals surface area contributed by atoms with Gasteiger partial charge in [0.2, 0.25) is 0 Å². The molecule has 1 unspecified atom stereocenters. The molecule has 176 valence electrons. The lowest BCUT2D eigenvalue weighted by Crippen LogP contribution is -2.58. The molecule has 0 saturated heterocycles. The van der Waals surface area contributed by atoms with Crippen LogP contribution < -0.4 is 16.0 Å². The minimum Gasteiger partial charge on any atom is -0.444 e. The largest absolute Gasteiger partial charge is 0.444 e. The van der Waals surface area contributed by atoms with Crippen molar-refractivity contribution in [1.82, 2.24) is 30.7 Å². The average molecular weight is 438 g/mol. The molecule has 1 aliphatic rings. The van der Waals surface area contributed by atoms with Crippen LogP contribution in [0.4, 0.5) is 4.79 Å². The first-order valence-electron chi connectivity index (χ1n) is 11.0. The maximum Gasteiger partial charge on any atom is 0.408 e. The summed E-state index contributed by atoms with van der Waals surface area (Å²) in [5, 5.41) is 14.4. The minimum absolute atomic E-state index is 0.187. The van der Waals surface area contributed by atoms with E-state index in [1.807, 2.05) is 25.5 Å². The quantitative estimate of drug-likeness (QED) is 0.421. The maximum atomic E-state index is 12.4. The lowest BCUT2D eigenvalue weighted by Gasteiger charge is -2.35. The van der Waals surface area contributed by atoms with Gasteiger partial charge in [0.1, 0.15) is 18.0 Å². The number of hydrogen-bond acceptors (Lipinski definition) is 6. The van der Waals surface area contributed by atoms with Gasteiger partial charge < -0.3 is 25.4 Å². The molecule has 1 amide bonds. The van der Waals surface area contributed by atoms with Crippen molar-refractivity contribution in [2.45, 2.75) is 90.6 Å². The monoisotopic (exact) mass is 437 g/mol. The molecular formula is C21H39N7O3. The number of hydrogen-bond donors (Lipinski definition) is 3. The molecule has 10 heteroatoms. The van der Waals surface area contributed by atoms with Gasteiger partial charge in [0.25, 0.3) is 0 Å². The van der Waals surface area contributed by atoms with Crippen molar-refractivity contribution in [3.63, 3.8) is 0 Å². The third-order valence-corrected chi connectivity index (χ3v) is 5.45. The number of ether oxygens (including phenoxy) is 2. The Morgan fingerprint density at radius 1 is 1.29 bits per heavy atom. The smallest absolute Gasteiger partial charge is 0.408 e. The standard InChI is InChI=1S/C21H39N7O3/c1-8-21(9-2,26-19(29)31-20(3,4)5)14-23-18(22-6)24-15-10-11-17-25-16(13-30-7)27-28(17)12-15/h15H,8-14H2,1-7H3,(H,26,29)(H2,22,23,24). The van der Waals surface area contributed by atoms with Gasteiger partial charge in [-0.2, -0.15) is 5.10 Å². The van der Waals surface area contributed by atoms with E-state index in [0.29, 0.717) is 24.9 Å². The Balaban J connectivity index is 1.94. The number of aromatic nitrogens is 3. The molecule has 0 bridgehead atoms. The van der Waals surface area contributed by atoms with E-state index in [4.69, 9.17) is 9.47 Å². The average Bonchev–Trinajstić information content (AvgIpc) is 3.10. The Kier molecular flexibility index (Phi) is 8.67. The number of aliphatic imine (C=N–C) groups is 1. The van der Waals surface area contributed by atoms with Crippen molar-refractivity contribution in [2.75, 3.05) is 20.7 Å². The van der Waals surface area contributed by atoms with Crippen LogP contribution in [0.1, 0.15) is 65.5 Å². The number of nitrogens with zero attached hydrogens (tertiary/aromatic N) is 4. The van der Waals surface area contributed by atoms with Crippen molar-refractivity contribution in [2.24, 2.45) is 4.99 Å². The summed E-state index contributed by atoms with van der Waals surface area (Å²) < 4.78 is 12.5. The highest BCUT2D eigenvalue weighted by molar-refractivity contribution is 5.80. The van der Waals surface area contributed by atoms with E-state index < -0.39 is 17.2 Å². The normalized spacial score (nSPS) is 17.1. The number of rotatable bonds is 8. The van der Waals surface area contributed by atoms with Gasteiger partial charge in [-0.25, -0.2) is 14.5 Å². The molecule has 31 heavy (non-hydrogen) atoms. The zero-order valence-corrected chi connectivity index (χ0v) is 20.0. The van der Waals surface area contributed by atoms with Crippen LogP contribution in [0.15, 0.2) is 4.99 Å². The molecular weight excluding hydrogens is 398 g/mol. The number of fused-ring (bicyclic) bond motifs is 1. The number of alkyl carbamates (subject to hydrolysis) is 1. The predicted octanol–water partition coefficient (Wildman–Crippen LogP) is 1.99. The van der Waals surface area contributed by atoms with E-state index >= 15 is 0 Å². The van der Waals surface area contributed by atoms with Gasteiger partial charge in [-0.1, -0.05) is 13.8 Å². The summed E-state index contributed by atoms with van der Waals surface area (Å²) in [6, 6.07) is 0.187. The van der Waals surface area contributed by atoms with Crippen LogP contribution >= 0.6 is 0 Å². The Morgan fingerprint density at radius 2 is 2.00 bits per heavy atom. The molecule has 0 fully saturated rings. The van der Waals surface area contributed by atoms with Crippen LogP contribution in [0.3, 0.4) is 0 Å². The van der Waals surface area contributed by atoms with Crippen LogP contribution in [0, 0.1) is 0 Å². The van der Waals surface area contributed by atoms with Crippen LogP contribution in [0.2, 0.25) is 0 Å². The molecule has 2 heterocycles. The SMILES string of the molecule is CCC(CC)(CNC(=NC)NC1CCc2nc(COC)nn2C1)NC(=O)OC(C)(C)C. The van der Waals surface area contributed by atoms with Crippen LogP contribution in [0.5, 0.6) is 0 Å². The molecule has 2 rings (SSSR count). The molecule has 0 saturated carbocycles. The topological polar surface area (TPSA) is 115 Å². The second-order valence-corrected chi connectivity index (χ2v) is 8.98. The molecule has 0 radical (unpaired) electrons. The first-order chi connectivity index (χ1) is 14.6. The molecule has 1 atom stereocenters. The lowest BCUT2D eigenvalue weighted by atomic mass is 9.93. The van der Waals surface area contributed by atoms with Gasteiger partial charge in [-0.15, -0.1) is 0 Å². The Bertz CT molecular complexity index is 751. The van der Waals surface area contributed by atoms with Crippen LogP contribution in [-0.2, 0) is 29.0 Å². The van der Waals surface area contributed by atoms with Crippen LogP contribution in [-0.4, -0.2) is 64.7 Å². The third kappa shape index (κ3) is 7.37. The molecule has 1 aromatic heterocycles. The molecule has 3 N–H and O–H groups in total. The number of nitrogens with one attached hydrogen (secondary N) is 3. The van der Waals surface area contributed by atoms with Crippen LogP contribution in [0.25, 0.3) is 0 Å². The second-order valence-electron chi connectivity index (χ2n) is 8.98. The summed E-state index contributed by atoms with van der Waals surface area (Å²) in [5.41, 5.74) is -0.965. The first kappa shape index (κ1) is 24.9. The number of aryl methyl sites for hydroxylation is 1. The number of guanidine groups is 1. The van der Waals surface area contributed by atoms with E-state index in [-0.39, 0.29) is 6.04 Å². The fraction of sp³-hybridized carbons (Fsp3) is 0.810. The fourth-order valence-corrected chi connectivity index (χ4v) is 3.55. The summed E-state index contributed by atoms with van der Waals surface area (Å²) >= 11 is 0. The van der Waals surface area contributed by atoms with Crippen molar-refractivity contribution < 1.29 is 14.3 Å². The molecule has 10 nitrogen and oxygen atoms in total. The minimum atomic E-state index is -0.535. The third-order valence-electron chi connectivity index (χ3n) is 5.45. The van der Waals surface area contributed by atoms with E-state index in [1.165, 1.54) is 0 Å². The number of carbonyl (C=O) groups is 1. The van der Waals surface area contributed by atoms with Crippen molar-refractivity contribution in [3.8, 4) is 0 Å². The van der Waals surface area contributed by atoms with Gasteiger partial charge in [0, 0.05) is 33.2 Å². The van der Waals surface area contributed by atoms with Crippen molar-refractivity contribution >= 4 is 12.1 Å². The maximum absolute atomic E-state index is 12.4. The number of amides is 1. The Morgan fingerprint density at radius 3 is 2.58 bits per heavy atom. The summed E-state index contributed by atoms with van der Waals surface area (Å²) in [4.78, 5) is 21.2. The number of methoxy groups -OCH3 is 1. The van der Waals surface area contributed by atoms with Gasteiger partial charge in [0.15, 0.2) is 11.8 Å². The highest BCUT2D eigenvalue weighted by Crippen LogP contribution is 2.17. The summed E-state index contributed by atoms with van der Waals surface area (Å²) in [5.74, 6) is 2.40.